The van der Waals surface area contributed by atoms with E-state index < -0.39 is 0 Å². The summed E-state index contributed by atoms with van der Waals surface area (Å²) in [6, 6.07) is 12.6. The van der Waals surface area contributed by atoms with E-state index in [1.165, 1.54) is 11.8 Å². The number of aryl methyl sites for hydroxylation is 2. The molecule has 1 heterocycles. The molecule has 2 N–H and O–H groups in total. The lowest BCUT2D eigenvalue weighted by atomic mass is 10.0. The fraction of sp³-hybridized carbons (Fsp3) is 0.360. The van der Waals surface area contributed by atoms with Gasteiger partial charge in [-0.15, -0.1) is 10.2 Å². The Morgan fingerprint density at radius 3 is 2.53 bits per heavy atom. The van der Waals surface area contributed by atoms with Gasteiger partial charge in [0.1, 0.15) is 0 Å². The van der Waals surface area contributed by atoms with Gasteiger partial charge in [-0.25, -0.2) is 0 Å². The van der Waals surface area contributed by atoms with Gasteiger partial charge in [0, 0.05) is 12.7 Å². The van der Waals surface area contributed by atoms with E-state index in [1.54, 1.807) is 24.3 Å². The summed E-state index contributed by atoms with van der Waals surface area (Å²) in [7, 11) is 1.84. The van der Waals surface area contributed by atoms with Crippen LogP contribution in [0, 0.1) is 12.8 Å². The number of rotatable bonds is 9. The van der Waals surface area contributed by atoms with Crippen LogP contribution in [0.5, 0.6) is 0 Å². The summed E-state index contributed by atoms with van der Waals surface area (Å²) in [6.45, 7) is 8.05. The highest BCUT2D eigenvalue weighted by molar-refractivity contribution is 7.99. The van der Waals surface area contributed by atoms with E-state index in [1.807, 2.05) is 50.6 Å². The van der Waals surface area contributed by atoms with Crippen molar-refractivity contribution in [2.45, 2.75) is 45.3 Å². The van der Waals surface area contributed by atoms with Gasteiger partial charge in [0.05, 0.1) is 22.4 Å². The lowest BCUT2D eigenvalue weighted by Crippen LogP contribution is -2.33. The molecule has 2 aromatic carbocycles. The minimum atomic E-state index is -0.372. The molecule has 0 bridgehead atoms. The zero-order valence-corrected chi connectivity index (χ0v) is 21.6. The summed E-state index contributed by atoms with van der Waals surface area (Å²) in [6.07, 6.45) is 0.841. The Morgan fingerprint density at radius 2 is 1.85 bits per heavy atom. The van der Waals surface area contributed by atoms with E-state index in [9.17, 15) is 9.59 Å². The van der Waals surface area contributed by atoms with Gasteiger partial charge < -0.3 is 15.2 Å². The lowest BCUT2D eigenvalue weighted by molar-refractivity contribution is -0.113. The van der Waals surface area contributed by atoms with Crippen LogP contribution in [0.25, 0.3) is 0 Å². The predicted molar refractivity (Wildman–Crippen MR) is 137 cm³/mol. The molecule has 0 aliphatic heterocycles. The Balaban J connectivity index is 1.70. The van der Waals surface area contributed by atoms with Gasteiger partial charge in [0.2, 0.25) is 5.91 Å². The van der Waals surface area contributed by atoms with Crippen LogP contribution in [0.4, 0.5) is 5.69 Å². The van der Waals surface area contributed by atoms with Gasteiger partial charge in [-0.05, 0) is 42.5 Å². The van der Waals surface area contributed by atoms with Crippen LogP contribution in [0.3, 0.4) is 0 Å². The van der Waals surface area contributed by atoms with Crippen LogP contribution < -0.4 is 10.6 Å². The Hall–Kier alpha value is -2.84. The lowest BCUT2D eigenvalue weighted by Gasteiger charge is -2.22. The molecule has 0 unspecified atom stereocenters. The van der Waals surface area contributed by atoms with Crippen LogP contribution in [0.2, 0.25) is 5.02 Å². The summed E-state index contributed by atoms with van der Waals surface area (Å²) in [5.74, 6) is 0.494. The van der Waals surface area contributed by atoms with Crippen molar-refractivity contribution in [1.29, 1.82) is 0 Å². The summed E-state index contributed by atoms with van der Waals surface area (Å²) in [5.41, 5.74) is 3.42. The van der Waals surface area contributed by atoms with Crippen LogP contribution in [-0.2, 0) is 18.3 Å². The van der Waals surface area contributed by atoms with Crippen LogP contribution in [0.1, 0.15) is 54.1 Å². The SMILES string of the molecule is CCc1cccc(C)c1NC(=O)CSc1nnc([C@@H](NC(=O)c2ccccc2Cl)C(C)C)n1C. The largest absolute Gasteiger partial charge is 0.342 e. The molecule has 9 heteroatoms. The molecule has 0 fully saturated rings. The number of benzene rings is 2. The van der Waals surface area contributed by atoms with E-state index in [0.717, 1.165) is 23.2 Å². The topological polar surface area (TPSA) is 88.9 Å². The normalized spacial score (nSPS) is 12.0. The zero-order valence-electron chi connectivity index (χ0n) is 20.1. The molecule has 34 heavy (non-hydrogen) atoms. The molecule has 0 spiro atoms. The number of para-hydroxylation sites is 1. The van der Waals surface area contributed by atoms with Crippen LogP contribution in [0.15, 0.2) is 47.6 Å². The van der Waals surface area contributed by atoms with Crippen LogP contribution in [-0.4, -0.2) is 32.3 Å². The van der Waals surface area contributed by atoms with E-state index in [0.29, 0.717) is 21.6 Å². The molecular weight excluding hydrogens is 470 g/mol. The first-order chi connectivity index (χ1) is 16.2. The quantitative estimate of drug-likeness (QED) is 0.395. The molecule has 180 valence electrons. The molecule has 2 amide bonds. The summed E-state index contributed by atoms with van der Waals surface area (Å²) >= 11 is 7.49. The third-order valence-corrected chi connectivity index (χ3v) is 6.91. The number of aromatic nitrogens is 3. The second-order valence-corrected chi connectivity index (χ2v) is 9.72. The Kier molecular flexibility index (Phi) is 8.74. The number of anilines is 1. The first-order valence-corrected chi connectivity index (χ1v) is 12.5. The van der Waals surface area contributed by atoms with E-state index >= 15 is 0 Å². The smallest absolute Gasteiger partial charge is 0.253 e. The maximum absolute atomic E-state index is 12.8. The predicted octanol–water partition coefficient (Wildman–Crippen LogP) is 5.20. The average Bonchev–Trinajstić information content (AvgIpc) is 3.17. The van der Waals surface area contributed by atoms with Crippen molar-refractivity contribution in [1.82, 2.24) is 20.1 Å². The van der Waals surface area contributed by atoms with Gasteiger partial charge in [0.25, 0.3) is 5.91 Å². The standard InChI is InChI=1S/C25H30ClN5O2S/c1-6-17-11-9-10-16(4)22(17)27-20(32)14-34-25-30-29-23(31(25)5)21(15(2)3)28-24(33)18-12-7-8-13-19(18)26/h7-13,15,21H,6,14H2,1-5H3,(H,27,32)(H,28,33)/t21-/m0/s1. The molecule has 0 aliphatic rings. The molecule has 1 atom stereocenters. The molecule has 0 saturated heterocycles. The molecule has 0 aliphatic carbocycles. The molecule has 1 aromatic heterocycles. The average molecular weight is 500 g/mol. The van der Waals surface area contributed by atoms with Crippen LogP contribution >= 0.6 is 23.4 Å². The van der Waals surface area contributed by atoms with Gasteiger partial charge in [0.15, 0.2) is 11.0 Å². The van der Waals surface area contributed by atoms with Crippen molar-refractivity contribution >= 4 is 40.9 Å². The maximum atomic E-state index is 12.8. The number of nitrogens with one attached hydrogen (secondary N) is 2. The Labute approximate surface area is 209 Å². The third-order valence-electron chi connectivity index (χ3n) is 5.56. The van der Waals surface area contributed by atoms with Crippen molar-refractivity contribution in [3.05, 3.63) is 70.0 Å². The highest BCUT2D eigenvalue weighted by Crippen LogP contribution is 2.26. The molecule has 3 rings (SSSR count). The van der Waals surface area contributed by atoms with Crippen molar-refractivity contribution in [3.8, 4) is 0 Å². The minimum absolute atomic E-state index is 0.0593. The maximum Gasteiger partial charge on any atom is 0.253 e. The monoisotopic (exact) mass is 499 g/mol. The second kappa shape index (κ2) is 11.5. The zero-order chi connectivity index (χ0) is 24.8. The van der Waals surface area contributed by atoms with Gasteiger partial charge in [-0.3, -0.25) is 9.59 Å². The highest BCUT2D eigenvalue weighted by Gasteiger charge is 2.26. The molecule has 7 nitrogen and oxygen atoms in total. The van der Waals surface area contributed by atoms with E-state index in [4.69, 9.17) is 11.6 Å². The molecule has 0 saturated carbocycles. The van der Waals surface area contributed by atoms with Gasteiger partial charge in [-0.1, -0.05) is 74.5 Å². The van der Waals surface area contributed by atoms with E-state index in [2.05, 4.69) is 27.8 Å². The van der Waals surface area contributed by atoms with Gasteiger partial charge in [-0.2, -0.15) is 0 Å². The van der Waals surface area contributed by atoms with E-state index in [-0.39, 0.29) is 29.5 Å². The fourth-order valence-corrected chi connectivity index (χ4v) is 4.56. The van der Waals surface area contributed by atoms with Crippen molar-refractivity contribution in [3.63, 3.8) is 0 Å². The number of hydrogen-bond donors (Lipinski definition) is 2. The highest BCUT2D eigenvalue weighted by atomic mass is 35.5. The first-order valence-electron chi connectivity index (χ1n) is 11.2. The van der Waals surface area contributed by atoms with Gasteiger partial charge >= 0.3 is 0 Å². The molecule has 3 aromatic rings. The number of carbonyl (C=O) groups excluding carboxylic acids is 2. The van der Waals surface area contributed by atoms with Crippen molar-refractivity contribution in [2.24, 2.45) is 13.0 Å². The number of nitrogens with zero attached hydrogens (tertiary/aromatic N) is 3. The molecular formula is C25H30ClN5O2S. The number of carbonyl (C=O) groups is 2. The summed E-state index contributed by atoms with van der Waals surface area (Å²) < 4.78 is 1.82. The number of hydrogen-bond acceptors (Lipinski definition) is 5. The second-order valence-electron chi connectivity index (χ2n) is 8.37. The van der Waals surface area contributed by atoms with Crippen molar-refractivity contribution in [2.75, 3.05) is 11.1 Å². The number of thioether (sulfide) groups is 1. The summed E-state index contributed by atoms with van der Waals surface area (Å²) in [5, 5.41) is 15.6. The fourth-order valence-electron chi connectivity index (χ4n) is 3.62. The number of halogens is 1. The first kappa shape index (κ1) is 25.8. The third kappa shape index (κ3) is 5.98. The van der Waals surface area contributed by atoms with Crippen molar-refractivity contribution < 1.29 is 9.59 Å². The number of amides is 2. The Bertz CT molecular complexity index is 1180. The summed E-state index contributed by atoms with van der Waals surface area (Å²) in [4.78, 5) is 25.5. The Morgan fingerprint density at radius 1 is 1.12 bits per heavy atom. The molecule has 0 radical (unpaired) electrons. The minimum Gasteiger partial charge on any atom is -0.342 e.